The first-order valence-electron chi connectivity index (χ1n) is 6.95. The predicted molar refractivity (Wildman–Crippen MR) is 76.6 cm³/mol. The number of ether oxygens (including phenoxy) is 1. The monoisotopic (exact) mass is 257 g/mol. The lowest BCUT2D eigenvalue weighted by Gasteiger charge is -2.18. The largest absolute Gasteiger partial charge is 0.381 e. The van der Waals surface area contributed by atoms with E-state index < -0.39 is 0 Å². The zero-order valence-corrected chi connectivity index (χ0v) is 13.1. The normalized spacial score (nSPS) is 12.6. The van der Waals surface area contributed by atoms with Gasteiger partial charge in [-0.3, -0.25) is 4.79 Å². The lowest BCUT2D eigenvalue weighted by molar-refractivity contribution is -0.122. The van der Waals surface area contributed by atoms with E-state index in [2.05, 4.69) is 46.9 Å². The van der Waals surface area contributed by atoms with Gasteiger partial charge in [-0.15, -0.1) is 0 Å². The van der Waals surface area contributed by atoms with Crippen LogP contribution in [0.25, 0.3) is 0 Å². The average molecular weight is 257 g/mol. The first-order chi connectivity index (χ1) is 8.10. The summed E-state index contributed by atoms with van der Waals surface area (Å²) in [6, 6.07) is 0. The third-order valence-corrected chi connectivity index (χ3v) is 2.67. The predicted octanol–water partition coefficient (Wildman–Crippen LogP) is 3.38. The second kappa shape index (κ2) is 7.78. The van der Waals surface area contributed by atoms with Crippen molar-refractivity contribution in [3.8, 4) is 0 Å². The van der Waals surface area contributed by atoms with Crippen LogP contribution in [-0.2, 0) is 9.53 Å². The van der Waals surface area contributed by atoms with Crippen LogP contribution in [0, 0.1) is 10.8 Å². The van der Waals surface area contributed by atoms with E-state index in [4.69, 9.17) is 4.74 Å². The zero-order valence-electron chi connectivity index (χ0n) is 13.1. The summed E-state index contributed by atoms with van der Waals surface area (Å²) in [6.07, 6.45) is 2.50. The van der Waals surface area contributed by atoms with Gasteiger partial charge in [0.15, 0.2) is 0 Å². The van der Waals surface area contributed by atoms with Gasteiger partial charge in [0.2, 0.25) is 5.91 Å². The Kier molecular flexibility index (Phi) is 7.53. The minimum Gasteiger partial charge on any atom is -0.381 e. The summed E-state index contributed by atoms with van der Waals surface area (Å²) in [4.78, 5) is 11.5. The van der Waals surface area contributed by atoms with Crippen molar-refractivity contribution >= 4 is 5.91 Å². The molecule has 1 N–H and O–H groups in total. The highest BCUT2D eigenvalue weighted by molar-refractivity contribution is 5.75. The number of rotatable bonds is 7. The molecule has 1 amide bonds. The summed E-state index contributed by atoms with van der Waals surface area (Å²) in [5.41, 5.74) is 0.575. The molecule has 3 heteroatoms. The second-order valence-corrected chi connectivity index (χ2v) is 7.33. The van der Waals surface area contributed by atoms with E-state index in [-0.39, 0.29) is 11.3 Å². The Labute approximate surface area is 113 Å². The van der Waals surface area contributed by atoms with Gasteiger partial charge in [-0.05, 0) is 23.7 Å². The topological polar surface area (TPSA) is 38.3 Å². The summed E-state index contributed by atoms with van der Waals surface area (Å²) in [6.45, 7) is 15.1. The Morgan fingerprint density at radius 3 is 2.00 bits per heavy atom. The second-order valence-electron chi connectivity index (χ2n) is 7.33. The van der Waals surface area contributed by atoms with Crippen molar-refractivity contribution in [2.24, 2.45) is 10.8 Å². The molecule has 108 valence electrons. The average Bonchev–Trinajstić information content (AvgIpc) is 2.13. The molecule has 0 aliphatic heterocycles. The Balaban J connectivity index is 3.44. The van der Waals surface area contributed by atoms with E-state index in [9.17, 15) is 4.79 Å². The highest BCUT2D eigenvalue weighted by atomic mass is 16.5. The van der Waals surface area contributed by atoms with E-state index in [1.807, 2.05) is 0 Å². The number of nitrogens with one attached hydrogen (secondary N) is 1. The third-order valence-electron chi connectivity index (χ3n) is 2.67. The van der Waals surface area contributed by atoms with Crippen LogP contribution in [0.2, 0.25) is 0 Å². The Bertz CT molecular complexity index is 236. The lowest BCUT2D eigenvalue weighted by atomic mass is 9.92. The van der Waals surface area contributed by atoms with E-state index in [1.54, 1.807) is 0 Å². The van der Waals surface area contributed by atoms with Gasteiger partial charge < -0.3 is 10.1 Å². The first kappa shape index (κ1) is 17.4. The van der Waals surface area contributed by atoms with Crippen molar-refractivity contribution in [1.82, 2.24) is 5.32 Å². The molecule has 18 heavy (non-hydrogen) atoms. The van der Waals surface area contributed by atoms with Crippen molar-refractivity contribution in [3.05, 3.63) is 0 Å². The number of carbonyl (C=O) groups is 1. The molecule has 0 aromatic heterocycles. The van der Waals surface area contributed by atoms with E-state index >= 15 is 0 Å². The van der Waals surface area contributed by atoms with Crippen LogP contribution in [0.15, 0.2) is 0 Å². The van der Waals surface area contributed by atoms with E-state index in [1.165, 1.54) is 0 Å². The van der Waals surface area contributed by atoms with Gasteiger partial charge in [0.25, 0.3) is 0 Å². The fourth-order valence-corrected chi connectivity index (χ4v) is 1.31. The summed E-state index contributed by atoms with van der Waals surface area (Å²) < 4.78 is 5.47. The first-order valence-corrected chi connectivity index (χ1v) is 6.95. The molecule has 0 unspecified atom stereocenters. The summed E-state index contributed by atoms with van der Waals surface area (Å²) in [5.74, 6) is 0.0926. The number of amides is 1. The maximum Gasteiger partial charge on any atom is 0.222 e. The molecule has 0 saturated carbocycles. The van der Waals surface area contributed by atoms with Crippen molar-refractivity contribution in [2.45, 2.75) is 60.8 Å². The van der Waals surface area contributed by atoms with Crippen LogP contribution >= 0.6 is 0 Å². The molecule has 0 aliphatic carbocycles. The fraction of sp³-hybridized carbons (Fsp3) is 0.933. The van der Waals surface area contributed by atoms with Gasteiger partial charge in [0.1, 0.15) is 0 Å². The van der Waals surface area contributed by atoms with Gasteiger partial charge in [-0.1, -0.05) is 41.5 Å². The van der Waals surface area contributed by atoms with E-state index in [0.29, 0.717) is 18.4 Å². The van der Waals surface area contributed by atoms with Crippen LogP contribution in [0.3, 0.4) is 0 Å². The zero-order chi connectivity index (χ0) is 14.2. The molecule has 0 radical (unpaired) electrons. The maximum absolute atomic E-state index is 11.5. The standard InChI is InChI=1S/C15H31NO2/c1-14(2,3)8-10-16-13(17)7-11-18-12-9-15(4,5)6/h7-12H2,1-6H3,(H,16,17). The molecule has 0 heterocycles. The van der Waals surface area contributed by atoms with Crippen molar-refractivity contribution in [1.29, 1.82) is 0 Å². The highest BCUT2D eigenvalue weighted by Crippen LogP contribution is 2.18. The fourth-order valence-electron chi connectivity index (χ4n) is 1.31. The highest BCUT2D eigenvalue weighted by Gasteiger charge is 2.11. The van der Waals surface area contributed by atoms with Crippen LogP contribution < -0.4 is 5.32 Å². The maximum atomic E-state index is 11.5. The van der Waals surface area contributed by atoms with Crippen molar-refractivity contribution < 1.29 is 9.53 Å². The molecule has 0 spiro atoms. The number of carbonyl (C=O) groups excluding carboxylic acids is 1. The van der Waals surface area contributed by atoms with Gasteiger partial charge in [-0.25, -0.2) is 0 Å². The molecule has 0 aromatic carbocycles. The molecule has 0 aliphatic rings. The van der Waals surface area contributed by atoms with Gasteiger partial charge in [0.05, 0.1) is 6.61 Å². The Hall–Kier alpha value is -0.570. The molecule has 0 saturated heterocycles. The van der Waals surface area contributed by atoms with Gasteiger partial charge in [0, 0.05) is 19.6 Å². The lowest BCUT2D eigenvalue weighted by Crippen LogP contribution is -2.28. The SMILES string of the molecule is CC(C)(C)CCNC(=O)CCOCCC(C)(C)C. The molecule has 0 bridgehead atoms. The molecular formula is C15H31NO2. The summed E-state index contributed by atoms with van der Waals surface area (Å²) in [7, 11) is 0. The minimum atomic E-state index is 0.0926. The molecule has 0 rings (SSSR count). The van der Waals surface area contributed by atoms with E-state index in [0.717, 1.165) is 26.0 Å². The Morgan fingerprint density at radius 1 is 0.944 bits per heavy atom. The third kappa shape index (κ3) is 13.5. The molecule has 3 nitrogen and oxygen atoms in total. The number of hydrogen-bond donors (Lipinski definition) is 1. The summed E-state index contributed by atoms with van der Waals surface area (Å²) in [5, 5.41) is 2.93. The van der Waals surface area contributed by atoms with Crippen LogP contribution in [0.1, 0.15) is 60.8 Å². The van der Waals surface area contributed by atoms with Crippen molar-refractivity contribution in [2.75, 3.05) is 19.8 Å². The number of hydrogen-bond acceptors (Lipinski definition) is 2. The smallest absolute Gasteiger partial charge is 0.222 e. The quantitative estimate of drug-likeness (QED) is 0.710. The van der Waals surface area contributed by atoms with Crippen LogP contribution in [0.5, 0.6) is 0 Å². The van der Waals surface area contributed by atoms with Gasteiger partial charge >= 0.3 is 0 Å². The molecular weight excluding hydrogens is 226 g/mol. The van der Waals surface area contributed by atoms with Gasteiger partial charge in [-0.2, -0.15) is 0 Å². The minimum absolute atomic E-state index is 0.0926. The van der Waals surface area contributed by atoms with Crippen molar-refractivity contribution in [3.63, 3.8) is 0 Å². The van der Waals surface area contributed by atoms with Crippen LogP contribution in [-0.4, -0.2) is 25.7 Å². The Morgan fingerprint density at radius 2 is 1.50 bits per heavy atom. The molecule has 0 atom stereocenters. The molecule has 0 aromatic rings. The van der Waals surface area contributed by atoms with Crippen LogP contribution in [0.4, 0.5) is 0 Å². The molecule has 0 fully saturated rings. The summed E-state index contributed by atoms with van der Waals surface area (Å²) >= 11 is 0.